The molecule has 0 aliphatic rings. The summed E-state index contributed by atoms with van der Waals surface area (Å²) in [6, 6.07) is -14.9. The first-order valence-corrected chi connectivity index (χ1v) is 33.7. The van der Waals surface area contributed by atoms with Gasteiger partial charge in [-0.15, -0.1) is 0 Å². The third kappa shape index (κ3) is 34.3. The third-order valence-electron chi connectivity index (χ3n) is 16.3. The van der Waals surface area contributed by atoms with Gasteiger partial charge in [-0.2, -0.15) is 0 Å². The van der Waals surface area contributed by atoms with Gasteiger partial charge >= 0.3 is 29.8 Å². The normalized spacial score (nSPS) is 15.4. The molecule has 0 spiro atoms. The highest BCUT2D eigenvalue weighted by atomic mass is 16.4. The van der Waals surface area contributed by atoms with Gasteiger partial charge in [-0.05, 0) is 61.8 Å². The maximum atomic E-state index is 14.4. The second-order valence-electron chi connectivity index (χ2n) is 25.9. The second-order valence-corrected chi connectivity index (χ2v) is 25.9. The van der Waals surface area contributed by atoms with Gasteiger partial charge in [0.25, 0.3) is 0 Å². The van der Waals surface area contributed by atoms with Crippen LogP contribution in [0.2, 0.25) is 0 Å². The maximum Gasteiger partial charge on any atom is 0.326 e. The van der Waals surface area contributed by atoms with Crippen LogP contribution in [-0.2, 0) is 97.5 Å². The van der Waals surface area contributed by atoms with Gasteiger partial charge in [0.2, 0.25) is 82.7 Å². The van der Waals surface area contributed by atoms with E-state index in [1.807, 2.05) is 0 Å². The molecule has 0 saturated carbocycles. The van der Waals surface area contributed by atoms with E-state index < -0.39 is 286 Å². The average Bonchev–Trinajstić information content (AvgIpc) is 0.793. The average molecular weight is 1490 g/mol. The van der Waals surface area contributed by atoms with Crippen LogP contribution < -0.4 is 81.0 Å². The summed E-state index contributed by atoms with van der Waals surface area (Å²) in [7, 11) is 0. The number of aliphatic carboxylic acids is 5. The van der Waals surface area contributed by atoms with Crippen molar-refractivity contribution in [1.29, 1.82) is 0 Å². The largest absolute Gasteiger partial charge is 0.481 e. The highest BCUT2D eigenvalue weighted by Gasteiger charge is 2.40. The summed E-state index contributed by atoms with van der Waals surface area (Å²) in [5, 5.41) is 85.8. The topological polar surface area (TPSA) is 668 Å². The molecule has 0 aromatic heterocycles. The first-order valence-electron chi connectivity index (χ1n) is 33.7. The molecule has 1 rings (SSSR count). The van der Waals surface area contributed by atoms with Gasteiger partial charge in [0.15, 0.2) is 0 Å². The zero-order valence-corrected chi connectivity index (χ0v) is 59.8. The van der Waals surface area contributed by atoms with Crippen molar-refractivity contribution in [2.45, 2.75) is 224 Å². The number of carbonyl (C=O) groups excluding carboxylic acids is 14. The summed E-state index contributed by atoms with van der Waals surface area (Å²) in [6.45, 7) is 12.3. The molecule has 0 heterocycles. The summed E-state index contributed by atoms with van der Waals surface area (Å²) in [6.07, 6.45) is -7.28. The maximum absolute atomic E-state index is 14.4. The molecule has 15 atom stereocenters. The quantitative estimate of drug-likeness (QED) is 0.0289. The summed E-state index contributed by atoms with van der Waals surface area (Å²) in [5.74, 6) is -26.5. The van der Waals surface area contributed by atoms with Crippen molar-refractivity contribution in [1.82, 2.24) is 63.8 Å². The Kier molecular flexibility index (Phi) is 40.3. The molecule has 1 aromatic carbocycles. The number of aliphatic hydroxyl groups is 1. The number of amides is 14. The lowest BCUT2D eigenvalue weighted by atomic mass is 9.96. The van der Waals surface area contributed by atoms with E-state index in [-0.39, 0.29) is 19.3 Å². The predicted molar refractivity (Wildman–Crippen MR) is 365 cm³/mol. The molecule has 0 saturated heterocycles. The number of rotatable bonds is 50. The summed E-state index contributed by atoms with van der Waals surface area (Å²) < 4.78 is 0. The van der Waals surface area contributed by atoms with Crippen molar-refractivity contribution in [3.63, 3.8) is 0 Å². The molecule has 40 heteroatoms. The molecule has 0 fully saturated rings. The van der Waals surface area contributed by atoms with Gasteiger partial charge in [-0.25, -0.2) is 4.79 Å². The molecular formula is C65H101N15O25. The highest BCUT2D eigenvalue weighted by Crippen LogP contribution is 2.16. The summed E-state index contributed by atoms with van der Waals surface area (Å²) >= 11 is 0. The van der Waals surface area contributed by atoms with E-state index >= 15 is 0 Å². The Bertz CT molecular complexity index is 3270. The number of hydrogen-bond acceptors (Lipinski definition) is 21. The van der Waals surface area contributed by atoms with E-state index in [1.54, 1.807) is 52.8 Å². The van der Waals surface area contributed by atoms with E-state index in [4.69, 9.17) is 22.3 Å². The molecule has 1 aromatic rings. The first kappa shape index (κ1) is 92.1. The number of nitrogens with one attached hydrogen (secondary N) is 12. The van der Waals surface area contributed by atoms with Crippen LogP contribution in [-0.4, -0.2) is 228 Å². The van der Waals surface area contributed by atoms with Gasteiger partial charge in [0.1, 0.15) is 72.5 Å². The van der Waals surface area contributed by atoms with Gasteiger partial charge in [-0.1, -0.05) is 98.6 Å². The number of carboxylic acids is 5. The minimum atomic E-state index is -2.13. The lowest BCUT2D eigenvalue weighted by Gasteiger charge is -2.30. The Morgan fingerprint density at radius 2 is 0.733 bits per heavy atom. The van der Waals surface area contributed by atoms with Gasteiger partial charge in [0.05, 0.1) is 31.9 Å². The number of aliphatic hydroxyl groups excluding tert-OH is 1. The molecule has 0 aliphatic carbocycles. The van der Waals surface area contributed by atoms with Crippen molar-refractivity contribution < 1.29 is 122 Å². The fourth-order valence-electron chi connectivity index (χ4n) is 9.91. The van der Waals surface area contributed by atoms with Crippen LogP contribution in [0.1, 0.15) is 145 Å². The Balaban J connectivity index is 3.68. The minimum absolute atomic E-state index is 0.0919. The van der Waals surface area contributed by atoms with Crippen molar-refractivity contribution in [3.8, 4) is 0 Å². The van der Waals surface area contributed by atoms with Gasteiger partial charge < -0.3 is 112 Å². The standard InChI is InChI=1S/C65H101N15O25/c1-10-31(7)51(80-61(100)39(23-29(3)4)73-59(98)41(26-45(68)83)75-56(95)37(18-21-46(84)85)70-53(92)33(9)69-54(93)35(66)25-48(88)89)63(102)76-42(27-49(90)91)60(99)77-43(28-81)62(101)74-40(24-34-15-13-12-14-16-34)58(97)72-36(17-20-44(67)82)55(94)71-38(19-22-47(86)87)57(96)79-52(32(8)11-2)64(103)78-50(30(5)6)65(104)105/h12-16,29-33,35-43,50-52,81H,10-11,17-28,66H2,1-9H3,(H2,67,82)(H2,68,83)(H,69,93)(H,70,92)(H,71,94)(H,72,97)(H,73,98)(H,74,101)(H,75,95)(H,76,102)(H,77,99)(H,78,103)(H,79,96)(H,80,100)(H,84,85)(H,86,87)(H,88,89)(H,90,91)(H,104,105). The van der Waals surface area contributed by atoms with Crippen molar-refractivity contribution in [2.75, 3.05) is 6.61 Å². The molecule has 14 amide bonds. The fourth-order valence-corrected chi connectivity index (χ4v) is 9.91. The zero-order chi connectivity index (χ0) is 80.3. The smallest absolute Gasteiger partial charge is 0.326 e. The first-order chi connectivity index (χ1) is 49.0. The molecule has 24 N–H and O–H groups in total. The summed E-state index contributed by atoms with van der Waals surface area (Å²) in [5.41, 5.74) is 16.7. The van der Waals surface area contributed by atoms with E-state index in [0.29, 0.717) is 5.56 Å². The monoisotopic (exact) mass is 1490 g/mol. The SMILES string of the molecule is CCC(C)C(NC(=O)C(CC(C)C)NC(=O)C(CC(N)=O)NC(=O)C(CCC(=O)O)NC(=O)C(C)NC(=O)C(N)CC(=O)O)C(=O)NC(CC(=O)O)C(=O)NC(CO)C(=O)NC(Cc1ccccc1)C(=O)NC(CCC(N)=O)C(=O)NC(CCC(=O)O)C(=O)NC(C(=O)NC(C(=O)O)C(C)C)C(C)CC. The molecular weight excluding hydrogens is 1390 g/mol. The molecule has 0 radical (unpaired) electrons. The number of hydrogen-bond donors (Lipinski definition) is 21. The van der Waals surface area contributed by atoms with Crippen LogP contribution in [0.15, 0.2) is 30.3 Å². The lowest BCUT2D eigenvalue weighted by molar-refractivity contribution is -0.144. The molecule has 0 aliphatic heterocycles. The van der Waals surface area contributed by atoms with E-state index in [1.165, 1.54) is 32.9 Å². The number of primary amides is 2. The van der Waals surface area contributed by atoms with E-state index in [0.717, 1.165) is 6.92 Å². The van der Waals surface area contributed by atoms with Gasteiger partial charge in [0, 0.05) is 25.7 Å². The molecule has 0 bridgehead atoms. The molecule has 105 heavy (non-hydrogen) atoms. The second kappa shape index (κ2) is 45.9. The van der Waals surface area contributed by atoms with Gasteiger partial charge in [-0.3, -0.25) is 86.3 Å². The van der Waals surface area contributed by atoms with Crippen LogP contribution in [0.5, 0.6) is 0 Å². The Hall–Kier alpha value is -10.9. The highest BCUT2D eigenvalue weighted by molar-refractivity contribution is 6.01. The van der Waals surface area contributed by atoms with E-state index in [2.05, 4.69) is 63.8 Å². The number of benzene rings is 1. The fraction of sp³-hybridized carbons (Fsp3) is 0.615. The van der Waals surface area contributed by atoms with Crippen LogP contribution >= 0.6 is 0 Å². The van der Waals surface area contributed by atoms with Crippen molar-refractivity contribution in [2.24, 2.45) is 40.9 Å². The van der Waals surface area contributed by atoms with Crippen molar-refractivity contribution >= 4 is 113 Å². The van der Waals surface area contributed by atoms with Crippen LogP contribution in [0.4, 0.5) is 0 Å². The Labute approximate surface area is 603 Å². The van der Waals surface area contributed by atoms with E-state index in [9.17, 15) is 117 Å². The number of nitrogens with two attached hydrogens (primary N) is 3. The predicted octanol–water partition coefficient (Wildman–Crippen LogP) is -5.91. The molecule has 40 nitrogen and oxygen atoms in total. The zero-order valence-electron chi connectivity index (χ0n) is 59.8. The molecule has 586 valence electrons. The van der Waals surface area contributed by atoms with Crippen LogP contribution in [0.25, 0.3) is 0 Å². The Morgan fingerprint density at radius 1 is 0.371 bits per heavy atom. The van der Waals surface area contributed by atoms with Crippen molar-refractivity contribution in [3.05, 3.63) is 35.9 Å². The molecule has 15 unspecified atom stereocenters. The lowest BCUT2D eigenvalue weighted by Crippen LogP contribution is -2.62. The van der Waals surface area contributed by atoms with Crippen LogP contribution in [0.3, 0.4) is 0 Å². The van der Waals surface area contributed by atoms with Crippen LogP contribution in [0, 0.1) is 23.7 Å². The summed E-state index contributed by atoms with van der Waals surface area (Å²) in [4.78, 5) is 250. The minimum Gasteiger partial charge on any atom is -0.481 e. The Morgan fingerprint density at radius 3 is 1.15 bits per heavy atom. The third-order valence-corrected chi connectivity index (χ3v) is 16.3. The number of carbonyl (C=O) groups is 19. The number of carboxylic acid groups (broad SMARTS) is 5.